The third kappa shape index (κ3) is 3.28. The number of thiophene rings is 1. The number of hydrogen-bond acceptors (Lipinski definition) is 4. The molecule has 2 atom stereocenters. The van der Waals surface area contributed by atoms with Crippen LogP contribution in [-0.4, -0.2) is 34.2 Å². The molecule has 0 radical (unpaired) electrons. The molecule has 1 amide bonds. The number of carbonyl (C=O) groups excluding carboxylic acids is 1. The zero-order valence-corrected chi connectivity index (χ0v) is 12.1. The monoisotopic (exact) mass is 285 g/mol. The molecule has 100 valence electrons. The van der Waals surface area contributed by atoms with Gasteiger partial charge in [-0.05, 0) is 30.0 Å². The fraction of sp³-hybridized carbons (Fsp3) is 0.615. The lowest BCUT2D eigenvalue weighted by atomic mass is 9.79. The van der Waals surface area contributed by atoms with E-state index in [-0.39, 0.29) is 11.2 Å². The first-order valence-corrected chi connectivity index (χ1v) is 8.20. The van der Waals surface area contributed by atoms with Crippen molar-refractivity contribution in [1.82, 2.24) is 5.32 Å². The summed E-state index contributed by atoms with van der Waals surface area (Å²) in [6.07, 6.45) is 2.26. The van der Waals surface area contributed by atoms with Crippen molar-refractivity contribution < 1.29 is 9.90 Å². The van der Waals surface area contributed by atoms with Crippen LogP contribution in [0.1, 0.15) is 24.6 Å². The molecular formula is C13H19NO2S2. The van der Waals surface area contributed by atoms with Gasteiger partial charge in [-0.15, -0.1) is 11.3 Å². The summed E-state index contributed by atoms with van der Waals surface area (Å²) >= 11 is 3.37. The summed E-state index contributed by atoms with van der Waals surface area (Å²) in [7, 11) is 0. The van der Waals surface area contributed by atoms with Crippen molar-refractivity contribution in [1.29, 1.82) is 0 Å². The molecular weight excluding hydrogens is 266 g/mol. The second-order valence-electron chi connectivity index (χ2n) is 4.62. The van der Waals surface area contributed by atoms with Crippen LogP contribution in [0.25, 0.3) is 0 Å². The molecule has 5 heteroatoms. The van der Waals surface area contributed by atoms with E-state index in [0.717, 1.165) is 23.5 Å². The third-order valence-electron chi connectivity index (χ3n) is 3.31. The summed E-state index contributed by atoms with van der Waals surface area (Å²) in [6, 6.07) is 3.90. The van der Waals surface area contributed by atoms with Crippen LogP contribution in [-0.2, 0) is 11.2 Å². The summed E-state index contributed by atoms with van der Waals surface area (Å²) in [6.45, 7) is 2.48. The molecule has 0 spiro atoms. The number of nitrogens with one attached hydrogen (secondary N) is 1. The molecule has 0 aliphatic heterocycles. The highest BCUT2D eigenvalue weighted by Gasteiger charge is 2.45. The minimum atomic E-state index is -0.689. The zero-order valence-electron chi connectivity index (χ0n) is 10.5. The molecule has 2 N–H and O–H groups in total. The topological polar surface area (TPSA) is 49.3 Å². The Kier molecular flexibility index (Phi) is 4.70. The van der Waals surface area contributed by atoms with Crippen LogP contribution < -0.4 is 5.32 Å². The van der Waals surface area contributed by atoms with Crippen LogP contribution in [0.4, 0.5) is 0 Å². The van der Waals surface area contributed by atoms with E-state index in [1.165, 1.54) is 0 Å². The molecule has 1 aromatic rings. The maximum Gasteiger partial charge on any atom is 0.225 e. The second kappa shape index (κ2) is 6.08. The summed E-state index contributed by atoms with van der Waals surface area (Å²) < 4.78 is 0. The summed E-state index contributed by atoms with van der Waals surface area (Å²) in [4.78, 5) is 12.8. The van der Waals surface area contributed by atoms with E-state index in [2.05, 4.69) is 12.2 Å². The lowest BCUT2D eigenvalue weighted by Crippen LogP contribution is -2.57. The summed E-state index contributed by atoms with van der Waals surface area (Å²) in [5.74, 6) is 1.01. The van der Waals surface area contributed by atoms with Crippen molar-refractivity contribution in [2.24, 2.45) is 0 Å². The van der Waals surface area contributed by atoms with Crippen molar-refractivity contribution >= 4 is 29.0 Å². The first-order valence-electron chi connectivity index (χ1n) is 6.27. The molecule has 0 aromatic carbocycles. The van der Waals surface area contributed by atoms with Crippen molar-refractivity contribution in [3.05, 3.63) is 22.4 Å². The van der Waals surface area contributed by atoms with Gasteiger partial charge < -0.3 is 10.4 Å². The predicted octanol–water partition coefficient (Wildman–Crippen LogP) is 2.05. The first-order chi connectivity index (χ1) is 8.64. The lowest BCUT2D eigenvalue weighted by molar-refractivity contribution is -0.122. The Balaban J connectivity index is 1.75. The van der Waals surface area contributed by atoms with Gasteiger partial charge in [0.15, 0.2) is 0 Å². The Morgan fingerprint density at radius 3 is 3.11 bits per heavy atom. The SMILES string of the molecule is CCS[C@@H]1CC[C@@]1(O)CNC(=O)Cc1cccs1. The highest BCUT2D eigenvalue weighted by atomic mass is 32.2. The number of carbonyl (C=O) groups is 1. The number of aliphatic hydroxyl groups is 1. The molecule has 2 rings (SSSR count). The third-order valence-corrected chi connectivity index (χ3v) is 5.60. The van der Waals surface area contributed by atoms with Crippen LogP contribution in [0.3, 0.4) is 0 Å². The average Bonchev–Trinajstić information content (AvgIpc) is 2.84. The number of amides is 1. The van der Waals surface area contributed by atoms with Gasteiger partial charge in [0.25, 0.3) is 0 Å². The molecule has 0 bridgehead atoms. The van der Waals surface area contributed by atoms with Crippen LogP contribution in [0.15, 0.2) is 17.5 Å². The second-order valence-corrected chi connectivity index (χ2v) is 7.13. The van der Waals surface area contributed by atoms with Crippen LogP contribution >= 0.6 is 23.1 Å². The molecule has 3 nitrogen and oxygen atoms in total. The van der Waals surface area contributed by atoms with Crippen molar-refractivity contribution in [2.45, 2.75) is 37.0 Å². The maximum atomic E-state index is 11.7. The molecule has 1 aromatic heterocycles. The Labute approximate surface area is 116 Å². The van der Waals surface area contributed by atoms with E-state index < -0.39 is 5.60 Å². The van der Waals surface area contributed by atoms with E-state index in [1.807, 2.05) is 17.5 Å². The van der Waals surface area contributed by atoms with Crippen molar-refractivity contribution in [3.63, 3.8) is 0 Å². The van der Waals surface area contributed by atoms with Crippen LogP contribution in [0.5, 0.6) is 0 Å². The van der Waals surface area contributed by atoms with Crippen LogP contribution in [0, 0.1) is 0 Å². The fourth-order valence-electron chi connectivity index (χ4n) is 2.12. The van der Waals surface area contributed by atoms with E-state index in [4.69, 9.17) is 0 Å². The van der Waals surface area contributed by atoms with Gasteiger partial charge in [0.1, 0.15) is 0 Å². The van der Waals surface area contributed by atoms with Crippen LogP contribution in [0.2, 0.25) is 0 Å². The number of hydrogen-bond donors (Lipinski definition) is 2. The maximum absolute atomic E-state index is 11.7. The van der Waals surface area contributed by atoms with Gasteiger partial charge in [-0.25, -0.2) is 0 Å². The highest BCUT2D eigenvalue weighted by Crippen LogP contribution is 2.40. The van der Waals surface area contributed by atoms with E-state index >= 15 is 0 Å². The summed E-state index contributed by atoms with van der Waals surface area (Å²) in [5.41, 5.74) is -0.689. The van der Waals surface area contributed by atoms with Gasteiger partial charge in [-0.1, -0.05) is 13.0 Å². The van der Waals surface area contributed by atoms with E-state index in [1.54, 1.807) is 23.1 Å². The Hall–Kier alpha value is -0.520. The van der Waals surface area contributed by atoms with Gasteiger partial charge in [-0.3, -0.25) is 4.79 Å². The molecule has 1 fully saturated rings. The minimum absolute atomic E-state index is 0.00183. The standard InChI is InChI=1S/C13H19NO2S2/c1-2-17-11-5-6-13(11,16)9-14-12(15)8-10-4-3-7-18-10/h3-4,7,11,16H,2,5-6,8-9H2,1H3,(H,14,15)/t11-,13-/m1/s1. The predicted molar refractivity (Wildman–Crippen MR) is 77.1 cm³/mol. The largest absolute Gasteiger partial charge is 0.387 e. The number of rotatable bonds is 6. The van der Waals surface area contributed by atoms with Gasteiger partial charge in [0, 0.05) is 16.7 Å². The molecule has 1 heterocycles. The van der Waals surface area contributed by atoms with Crippen molar-refractivity contribution in [3.8, 4) is 0 Å². The lowest BCUT2D eigenvalue weighted by Gasteiger charge is -2.45. The van der Waals surface area contributed by atoms with Gasteiger partial charge in [0.2, 0.25) is 5.91 Å². The normalized spacial score (nSPS) is 26.7. The van der Waals surface area contributed by atoms with E-state index in [0.29, 0.717) is 13.0 Å². The van der Waals surface area contributed by atoms with E-state index in [9.17, 15) is 9.90 Å². The quantitative estimate of drug-likeness (QED) is 0.841. The molecule has 0 unspecified atom stereocenters. The smallest absolute Gasteiger partial charge is 0.225 e. The molecule has 1 aliphatic rings. The van der Waals surface area contributed by atoms with Gasteiger partial charge in [-0.2, -0.15) is 11.8 Å². The molecule has 1 aliphatic carbocycles. The van der Waals surface area contributed by atoms with Gasteiger partial charge in [0.05, 0.1) is 12.0 Å². The Morgan fingerprint density at radius 1 is 1.72 bits per heavy atom. The minimum Gasteiger partial charge on any atom is -0.387 e. The molecule has 18 heavy (non-hydrogen) atoms. The molecule has 1 saturated carbocycles. The van der Waals surface area contributed by atoms with Crippen molar-refractivity contribution in [2.75, 3.05) is 12.3 Å². The first kappa shape index (κ1) is 13.9. The molecule has 0 saturated heterocycles. The Bertz CT molecular complexity index is 394. The Morgan fingerprint density at radius 2 is 2.56 bits per heavy atom. The van der Waals surface area contributed by atoms with Gasteiger partial charge >= 0.3 is 0 Å². The zero-order chi connectivity index (χ0) is 13.0. The summed E-state index contributed by atoms with van der Waals surface area (Å²) in [5, 5.41) is 15.4. The highest BCUT2D eigenvalue weighted by molar-refractivity contribution is 8.00. The average molecular weight is 285 g/mol. The number of thioether (sulfide) groups is 1. The fourth-order valence-corrected chi connectivity index (χ4v) is 4.02.